The van der Waals surface area contributed by atoms with Crippen LogP contribution in [-0.4, -0.2) is 32.5 Å². The predicted molar refractivity (Wildman–Crippen MR) is 139 cm³/mol. The zero-order valence-electron chi connectivity index (χ0n) is 19.6. The second kappa shape index (κ2) is 10.1. The summed E-state index contributed by atoms with van der Waals surface area (Å²) >= 11 is 6.17. The molecule has 0 fully saturated rings. The largest absolute Gasteiger partial charge is 0.364 e. The molecule has 180 valence electrons. The Morgan fingerprint density at radius 3 is 2.89 bits per heavy atom. The molecule has 0 saturated carbocycles. The molecule has 0 aliphatic heterocycles. The average molecular weight is 489 g/mol. The summed E-state index contributed by atoms with van der Waals surface area (Å²) in [4.78, 5) is 20.7. The molecule has 2 heterocycles. The van der Waals surface area contributed by atoms with Crippen molar-refractivity contribution in [1.29, 1.82) is 0 Å². The highest BCUT2D eigenvalue weighted by atomic mass is 35.5. The third-order valence-corrected chi connectivity index (χ3v) is 7.08. The molecule has 6 nitrogen and oxygen atoms in total. The van der Waals surface area contributed by atoms with Gasteiger partial charge in [0.1, 0.15) is 0 Å². The second-order valence-electron chi connectivity index (χ2n) is 9.25. The molecule has 7 heteroatoms. The van der Waals surface area contributed by atoms with Crippen LogP contribution in [0, 0.1) is 6.92 Å². The van der Waals surface area contributed by atoms with E-state index in [1.807, 2.05) is 18.2 Å². The van der Waals surface area contributed by atoms with Gasteiger partial charge in [-0.25, -0.2) is 5.48 Å². The predicted octanol–water partition coefficient (Wildman–Crippen LogP) is 5.71. The van der Waals surface area contributed by atoms with Crippen molar-refractivity contribution in [2.75, 3.05) is 6.54 Å². The minimum Gasteiger partial charge on any atom is -0.364 e. The molecule has 1 unspecified atom stereocenters. The first-order valence-corrected chi connectivity index (χ1v) is 12.3. The number of amides is 1. The number of H-pyrrole nitrogens is 2. The summed E-state index contributed by atoms with van der Waals surface area (Å²) < 4.78 is 0. The fourth-order valence-corrected chi connectivity index (χ4v) is 5.33. The fourth-order valence-electron chi connectivity index (χ4n) is 5.16. The van der Waals surface area contributed by atoms with E-state index in [4.69, 9.17) is 16.8 Å². The normalized spacial score (nSPS) is 15.4. The van der Waals surface area contributed by atoms with Crippen molar-refractivity contribution >= 4 is 34.5 Å². The number of rotatable bonds is 8. The van der Waals surface area contributed by atoms with Gasteiger partial charge >= 0.3 is 0 Å². The summed E-state index contributed by atoms with van der Waals surface area (Å²) in [5.74, 6) is -0.532. The molecule has 1 amide bonds. The number of carbonyl (C=O) groups excluding carboxylic acids is 1. The third-order valence-electron chi connectivity index (χ3n) is 6.85. The third kappa shape index (κ3) is 5.20. The van der Waals surface area contributed by atoms with Gasteiger partial charge in [-0.15, -0.1) is 0 Å². The first-order valence-electron chi connectivity index (χ1n) is 11.9. The number of hydrogen-bond acceptors (Lipinski definition) is 3. The van der Waals surface area contributed by atoms with Crippen molar-refractivity contribution in [3.05, 3.63) is 99.5 Å². The Bertz CT molecular complexity index is 1390. The number of nitrogens with zero attached hydrogens (tertiary/aromatic N) is 1. The smallest absolute Gasteiger partial charge is 0.267 e. The first kappa shape index (κ1) is 23.4. The van der Waals surface area contributed by atoms with Crippen molar-refractivity contribution in [3.8, 4) is 0 Å². The topological polar surface area (TPSA) is 84.2 Å². The van der Waals surface area contributed by atoms with Crippen molar-refractivity contribution in [2.45, 2.75) is 38.8 Å². The van der Waals surface area contributed by atoms with Crippen LogP contribution in [0.3, 0.4) is 0 Å². The van der Waals surface area contributed by atoms with Gasteiger partial charge in [0.2, 0.25) is 0 Å². The summed E-state index contributed by atoms with van der Waals surface area (Å²) in [6.07, 6.45) is 10.2. The zero-order chi connectivity index (χ0) is 24.4. The molecular formula is C28H29ClN4O2. The Balaban J connectivity index is 1.38. The molecule has 35 heavy (non-hydrogen) atoms. The quantitative estimate of drug-likeness (QED) is 0.146. The molecule has 1 atom stereocenters. The summed E-state index contributed by atoms with van der Waals surface area (Å²) in [5, 5.41) is 10.7. The zero-order valence-corrected chi connectivity index (χ0v) is 20.4. The number of aromatic amines is 2. The molecule has 5 rings (SSSR count). The van der Waals surface area contributed by atoms with Crippen molar-refractivity contribution < 1.29 is 10.0 Å². The van der Waals surface area contributed by atoms with Crippen molar-refractivity contribution in [3.63, 3.8) is 0 Å². The van der Waals surface area contributed by atoms with E-state index >= 15 is 0 Å². The average Bonchev–Trinajstić information content (AvgIpc) is 3.58. The van der Waals surface area contributed by atoms with Crippen LogP contribution < -0.4 is 5.48 Å². The van der Waals surface area contributed by atoms with Gasteiger partial charge in [0, 0.05) is 59.2 Å². The maximum absolute atomic E-state index is 11.3. The van der Waals surface area contributed by atoms with Crippen LogP contribution in [0.4, 0.5) is 0 Å². The Kier molecular flexibility index (Phi) is 6.77. The van der Waals surface area contributed by atoms with Crippen LogP contribution in [0.25, 0.3) is 17.0 Å². The number of fused-ring (bicyclic) bond motifs is 2. The second-order valence-corrected chi connectivity index (χ2v) is 9.69. The summed E-state index contributed by atoms with van der Waals surface area (Å²) in [6.45, 7) is 3.89. The molecule has 0 bridgehead atoms. The van der Waals surface area contributed by atoms with Gasteiger partial charge in [0.05, 0.1) is 0 Å². The number of hydroxylamine groups is 1. The van der Waals surface area contributed by atoms with Crippen LogP contribution in [0.15, 0.2) is 60.9 Å². The van der Waals surface area contributed by atoms with Crippen LogP contribution >= 0.6 is 11.6 Å². The van der Waals surface area contributed by atoms with Crippen LogP contribution in [0.2, 0.25) is 5.02 Å². The maximum atomic E-state index is 11.3. The molecule has 4 N–H and O–H groups in total. The van der Waals surface area contributed by atoms with Crippen LogP contribution in [0.5, 0.6) is 0 Å². The van der Waals surface area contributed by atoms with E-state index in [9.17, 15) is 4.79 Å². The molecule has 4 aromatic rings. The van der Waals surface area contributed by atoms with Gasteiger partial charge in [-0.1, -0.05) is 35.9 Å². The standard InChI is InChI=1S/C28H29ClN4O2/c1-18-12-23(30-15-18)17-33(11-10-21-16-31-26-14-22(29)5-7-24(21)26)27-8-4-20-13-19(2-6-25(20)27)3-9-28(34)32-35/h2-3,5-7,9,12-16,27,30-31,35H,4,8,10-11,17H2,1H3,(H,32,34). The minimum absolute atomic E-state index is 0.326. The lowest BCUT2D eigenvalue weighted by Gasteiger charge is -2.29. The number of aromatic nitrogens is 2. The molecule has 0 spiro atoms. The van der Waals surface area contributed by atoms with E-state index in [-0.39, 0.29) is 0 Å². The van der Waals surface area contributed by atoms with Crippen LogP contribution in [0.1, 0.15) is 46.0 Å². The van der Waals surface area contributed by atoms with E-state index in [1.54, 1.807) is 11.6 Å². The highest BCUT2D eigenvalue weighted by molar-refractivity contribution is 6.31. The lowest BCUT2D eigenvalue weighted by Crippen LogP contribution is -2.29. The molecule has 1 aliphatic carbocycles. The van der Waals surface area contributed by atoms with Gasteiger partial charge < -0.3 is 9.97 Å². The number of nitrogens with one attached hydrogen (secondary N) is 3. The van der Waals surface area contributed by atoms with E-state index in [2.05, 4.69) is 58.5 Å². The Hall–Kier alpha value is -3.32. The van der Waals surface area contributed by atoms with Gasteiger partial charge in [-0.3, -0.25) is 14.9 Å². The van der Waals surface area contributed by atoms with Crippen molar-refractivity contribution in [2.24, 2.45) is 0 Å². The summed E-state index contributed by atoms with van der Waals surface area (Å²) in [6, 6.07) is 14.9. The lowest BCUT2D eigenvalue weighted by atomic mass is 10.0. The number of carbonyl (C=O) groups is 1. The number of hydrogen-bond donors (Lipinski definition) is 4. The highest BCUT2D eigenvalue weighted by Gasteiger charge is 2.28. The monoisotopic (exact) mass is 488 g/mol. The molecule has 1 aliphatic rings. The first-order chi connectivity index (χ1) is 17.0. The van der Waals surface area contributed by atoms with Gasteiger partial charge in [0.25, 0.3) is 5.91 Å². The fraction of sp³-hybridized carbons (Fsp3) is 0.250. The van der Waals surface area contributed by atoms with E-state index in [0.717, 1.165) is 48.5 Å². The van der Waals surface area contributed by atoms with E-state index in [1.165, 1.54) is 39.4 Å². The number of benzene rings is 2. The van der Waals surface area contributed by atoms with E-state index in [0.29, 0.717) is 6.04 Å². The molecule has 2 aromatic carbocycles. The van der Waals surface area contributed by atoms with Crippen LogP contribution in [-0.2, 0) is 24.2 Å². The van der Waals surface area contributed by atoms with Gasteiger partial charge in [-0.2, -0.15) is 0 Å². The Labute approximate surface area is 209 Å². The SMILES string of the molecule is Cc1c[nH]c(CN(CCc2c[nH]c3cc(Cl)ccc23)C2CCc3cc(C=CC(=O)NO)ccc32)c1. The Morgan fingerprint density at radius 1 is 1.20 bits per heavy atom. The van der Waals surface area contributed by atoms with Crippen molar-refractivity contribution in [1.82, 2.24) is 20.3 Å². The lowest BCUT2D eigenvalue weighted by molar-refractivity contribution is -0.124. The molecule has 0 saturated heterocycles. The Morgan fingerprint density at radius 2 is 2.09 bits per heavy atom. The highest BCUT2D eigenvalue weighted by Crippen LogP contribution is 2.37. The van der Waals surface area contributed by atoms with Gasteiger partial charge in [0.15, 0.2) is 0 Å². The van der Waals surface area contributed by atoms with E-state index < -0.39 is 5.91 Å². The minimum atomic E-state index is -0.532. The number of halogens is 1. The summed E-state index contributed by atoms with van der Waals surface area (Å²) in [7, 11) is 0. The maximum Gasteiger partial charge on any atom is 0.267 e. The summed E-state index contributed by atoms with van der Waals surface area (Å²) in [5.41, 5.74) is 10.1. The number of aryl methyl sites for hydroxylation is 2. The molecule has 2 aromatic heterocycles. The van der Waals surface area contributed by atoms with Gasteiger partial charge in [-0.05, 0) is 78.3 Å². The molecular weight excluding hydrogens is 460 g/mol. The molecule has 0 radical (unpaired) electrons.